The van der Waals surface area contributed by atoms with Crippen molar-refractivity contribution < 1.29 is 0 Å². The van der Waals surface area contributed by atoms with E-state index in [4.69, 9.17) is 10.8 Å². The molecule has 1 saturated carbocycles. The van der Waals surface area contributed by atoms with Crippen LogP contribution in [0.5, 0.6) is 0 Å². The second kappa shape index (κ2) is 4.84. The second-order valence-corrected chi connectivity index (χ2v) is 7.18. The molecule has 0 aromatic carbocycles. The molecular formula is C18H21N7. The third-order valence-electron chi connectivity index (χ3n) is 5.13. The van der Waals surface area contributed by atoms with E-state index in [1.54, 1.807) is 0 Å². The lowest BCUT2D eigenvalue weighted by atomic mass is 10.1. The van der Waals surface area contributed by atoms with Gasteiger partial charge in [0, 0.05) is 23.2 Å². The largest absolute Gasteiger partial charge is 0.383 e. The fourth-order valence-electron chi connectivity index (χ4n) is 3.83. The standard InChI is InChI=1S/C18H21N7/c1-9(2)24-14-7-20-10(3)25-13(6-12(23-25)11-4-5-11)15(14)16-17(19)21-8-22-18(16)24/h6,8-9,11,20H,3-5,7H2,1-2H3,(H2,19,21,22). The van der Waals surface area contributed by atoms with Crippen molar-refractivity contribution in [3.63, 3.8) is 0 Å². The van der Waals surface area contributed by atoms with Crippen LogP contribution < -0.4 is 11.1 Å². The van der Waals surface area contributed by atoms with Gasteiger partial charge in [-0.15, -0.1) is 0 Å². The monoisotopic (exact) mass is 335 g/mol. The quantitative estimate of drug-likeness (QED) is 0.752. The van der Waals surface area contributed by atoms with Gasteiger partial charge in [-0.2, -0.15) is 5.10 Å². The molecule has 4 heterocycles. The molecule has 0 amide bonds. The zero-order valence-electron chi connectivity index (χ0n) is 14.5. The third-order valence-corrected chi connectivity index (χ3v) is 5.13. The molecule has 25 heavy (non-hydrogen) atoms. The van der Waals surface area contributed by atoms with Crippen molar-refractivity contribution in [2.24, 2.45) is 0 Å². The summed E-state index contributed by atoms with van der Waals surface area (Å²) in [6.45, 7) is 9.14. The molecule has 7 nitrogen and oxygen atoms in total. The molecule has 7 heteroatoms. The van der Waals surface area contributed by atoms with E-state index >= 15 is 0 Å². The average molecular weight is 335 g/mol. The van der Waals surface area contributed by atoms with Crippen LogP contribution in [0.1, 0.15) is 50.0 Å². The highest BCUT2D eigenvalue weighted by Gasteiger charge is 2.32. The molecule has 0 unspecified atom stereocenters. The number of fused-ring (bicyclic) bond motifs is 5. The van der Waals surface area contributed by atoms with Crippen LogP contribution >= 0.6 is 0 Å². The lowest BCUT2D eigenvalue weighted by Gasteiger charge is -2.14. The number of rotatable bonds is 2. The molecule has 3 aromatic rings. The maximum Gasteiger partial charge on any atom is 0.146 e. The Hall–Kier alpha value is -2.83. The molecule has 128 valence electrons. The number of aromatic nitrogens is 5. The normalized spacial score (nSPS) is 16.7. The smallest absolute Gasteiger partial charge is 0.146 e. The minimum Gasteiger partial charge on any atom is -0.383 e. The van der Waals surface area contributed by atoms with E-state index in [2.05, 4.69) is 46.3 Å². The number of nitrogens with two attached hydrogens (primary N) is 1. The van der Waals surface area contributed by atoms with Crippen LogP contribution in [-0.2, 0) is 6.54 Å². The third kappa shape index (κ3) is 1.95. The molecule has 3 N–H and O–H groups in total. The minimum atomic E-state index is 0.257. The van der Waals surface area contributed by atoms with Gasteiger partial charge in [0.2, 0.25) is 0 Å². The van der Waals surface area contributed by atoms with Gasteiger partial charge in [-0.3, -0.25) is 0 Å². The summed E-state index contributed by atoms with van der Waals surface area (Å²) in [5, 5.41) is 9.12. The van der Waals surface area contributed by atoms with E-state index in [9.17, 15) is 0 Å². The molecule has 1 aliphatic heterocycles. The van der Waals surface area contributed by atoms with E-state index in [1.165, 1.54) is 19.2 Å². The SMILES string of the molecule is C=C1NCc2c(c3c(N)ncnc3n2C(C)C)-c2cc(C3CC3)nn21. The van der Waals surface area contributed by atoms with Gasteiger partial charge in [0.1, 0.15) is 23.6 Å². The summed E-state index contributed by atoms with van der Waals surface area (Å²) in [4.78, 5) is 8.78. The molecule has 3 aromatic heterocycles. The maximum absolute atomic E-state index is 6.28. The fourth-order valence-corrected chi connectivity index (χ4v) is 3.83. The Kier molecular flexibility index (Phi) is 2.81. The average Bonchev–Trinajstić information content (AvgIpc) is 3.26. The van der Waals surface area contributed by atoms with Gasteiger partial charge >= 0.3 is 0 Å². The molecule has 0 spiro atoms. The Labute approximate surface area is 145 Å². The predicted octanol–water partition coefficient (Wildman–Crippen LogP) is 2.87. The van der Waals surface area contributed by atoms with E-state index in [-0.39, 0.29) is 6.04 Å². The Morgan fingerprint density at radius 2 is 2.12 bits per heavy atom. The van der Waals surface area contributed by atoms with Crippen molar-refractivity contribution in [1.29, 1.82) is 0 Å². The highest BCUT2D eigenvalue weighted by molar-refractivity contribution is 6.02. The van der Waals surface area contributed by atoms with Crippen molar-refractivity contribution >= 4 is 22.7 Å². The van der Waals surface area contributed by atoms with E-state index in [1.807, 2.05) is 4.68 Å². The van der Waals surface area contributed by atoms with Gasteiger partial charge in [0.15, 0.2) is 0 Å². The number of hydrogen-bond donors (Lipinski definition) is 2. The first kappa shape index (κ1) is 14.5. The summed E-state index contributed by atoms with van der Waals surface area (Å²) >= 11 is 0. The van der Waals surface area contributed by atoms with Gasteiger partial charge < -0.3 is 15.6 Å². The van der Waals surface area contributed by atoms with Crippen LogP contribution in [0.2, 0.25) is 0 Å². The van der Waals surface area contributed by atoms with Crippen LogP contribution in [0.4, 0.5) is 5.82 Å². The highest BCUT2D eigenvalue weighted by Crippen LogP contribution is 2.44. The number of anilines is 1. The molecule has 0 radical (unpaired) electrons. The molecule has 5 rings (SSSR count). The lowest BCUT2D eigenvalue weighted by Crippen LogP contribution is -2.17. The first-order valence-corrected chi connectivity index (χ1v) is 8.73. The summed E-state index contributed by atoms with van der Waals surface area (Å²) < 4.78 is 4.15. The molecule has 0 saturated heterocycles. The van der Waals surface area contributed by atoms with Crippen LogP contribution in [0, 0.1) is 0 Å². The Balaban J connectivity index is 1.90. The predicted molar refractivity (Wildman–Crippen MR) is 97.7 cm³/mol. The van der Waals surface area contributed by atoms with Crippen LogP contribution in [-0.4, -0.2) is 24.3 Å². The van der Waals surface area contributed by atoms with E-state index in [0.717, 1.165) is 39.5 Å². The van der Waals surface area contributed by atoms with Crippen LogP contribution in [0.15, 0.2) is 19.0 Å². The van der Waals surface area contributed by atoms with Crippen molar-refractivity contribution in [3.05, 3.63) is 30.4 Å². The first-order valence-electron chi connectivity index (χ1n) is 8.73. The Bertz CT molecular complexity index is 1020. The van der Waals surface area contributed by atoms with E-state index < -0.39 is 0 Å². The van der Waals surface area contributed by atoms with Crippen molar-refractivity contribution in [1.82, 2.24) is 29.6 Å². The van der Waals surface area contributed by atoms with Crippen molar-refractivity contribution in [2.45, 2.75) is 45.2 Å². The number of hydrogen-bond acceptors (Lipinski definition) is 5. The molecule has 1 fully saturated rings. The van der Waals surface area contributed by atoms with Crippen LogP contribution in [0.25, 0.3) is 28.1 Å². The van der Waals surface area contributed by atoms with Gasteiger partial charge in [0.25, 0.3) is 0 Å². The maximum atomic E-state index is 6.28. The van der Waals surface area contributed by atoms with E-state index in [0.29, 0.717) is 18.3 Å². The van der Waals surface area contributed by atoms with Crippen molar-refractivity contribution in [2.75, 3.05) is 5.73 Å². The Morgan fingerprint density at radius 1 is 1.32 bits per heavy atom. The highest BCUT2D eigenvalue weighted by atomic mass is 15.4. The lowest BCUT2D eigenvalue weighted by molar-refractivity contribution is 0.583. The topological polar surface area (TPSA) is 86.6 Å². The zero-order valence-corrected chi connectivity index (χ0v) is 14.5. The molecule has 1 aliphatic carbocycles. The fraction of sp³-hybridized carbons (Fsp3) is 0.389. The number of nitrogen functional groups attached to an aromatic ring is 1. The van der Waals surface area contributed by atoms with Gasteiger partial charge in [-0.1, -0.05) is 6.58 Å². The van der Waals surface area contributed by atoms with Crippen LogP contribution in [0.3, 0.4) is 0 Å². The molecular weight excluding hydrogens is 314 g/mol. The summed E-state index contributed by atoms with van der Waals surface area (Å²) in [6.07, 6.45) is 3.96. The first-order chi connectivity index (χ1) is 12.1. The molecule has 0 bridgehead atoms. The number of nitrogens with zero attached hydrogens (tertiary/aromatic N) is 5. The van der Waals surface area contributed by atoms with Gasteiger partial charge in [-0.05, 0) is 32.8 Å². The van der Waals surface area contributed by atoms with Gasteiger partial charge in [-0.25, -0.2) is 14.6 Å². The summed E-state index contributed by atoms with van der Waals surface area (Å²) in [7, 11) is 0. The second-order valence-electron chi connectivity index (χ2n) is 7.18. The minimum absolute atomic E-state index is 0.257. The zero-order chi connectivity index (χ0) is 17.3. The molecule has 0 atom stereocenters. The summed E-state index contributed by atoms with van der Waals surface area (Å²) in [6, 6.07) is 2.44. The summed E-state index contributed by atoms with van der Waals surface area (Å²) in [5.41, 5.74) is 11.5. The van der Waals surface area contributed by atoms with Gasteiger partial charge in [0.05, 0.1) is 23.3 Å². The molecule has 2 aliphatic rings. The Morgan fingerprint density at radius 3 is 2.84 bits per heavy atom. The summed E-state index contributed by atoms with van der Waals surface area (Å²) in [5.74, 6) is 1.87. The number of nitrogens with one attached hydrogen (secondary N) is 1. The van der Waals surface area contributed by atoms with Crippen molar-refractivity contribution in [3.8, 4) is 11.3 Å².